The lowest BCUT2D eigenvalue weighted by Gasteiger charge is -2.10. The van der Waals surface area contributed by atoms with Crippen LogP contribution < -0.4 is 10.6 Å². The van der Waals surface area contributed by atoms with Crippen LogP contribution in [0.5, 0.6) is 0 Å². The Hall–Kier alpha value is -1.44. The second-order valence-electron chi connectivity index (χ2n) is 6.10. The first-order valence-corrected chi connectivity index (χ1v) is 9.46. The number of thiazole rings is 1. The van der Waals surface area contributed by atoms with Crippen LogP contribution in [0.1, 0.15) is 48.6 Å². The van der Waals surface area contributed by atoms with Crippen LogP contribution in [-0.4, -0.2) is 41.2 Å². The second-order valence-corrected chi connectivity index (χ2v) is 7.05. The number of nitrogens with one attached hydrogen (secondary N) is 2. The molecule has 0 aliphatic heterocycles. The molecule has 0 bridgehead atoms. The van der Waals surface area contributed by atoms with Crippen LogP contribution in [0.15, 0.2) is 14.9 Å². The van der Waals surface area contributed by atoms with E-state index < -0.39 is 11.9 Å². The smallest absolute Gasteiger partial charge is 0.356 e. The van der Waals surface area contributed by atoms with Crippen molar-refractivity contribution in [3.63, 3.8) is 0 Å². The molecular weight excluding hydrogens is 508 g/mol. The lowest BCUT2D eigenvalue weighted by molar-refractivity contribution is -0.140. The highest BCUT2D eigenvalue weighted by molar-refractivity contribution is 14.0. The molecule has 28 heavy (non-hydrogen) atoms. The summed E-state index contributed by atoms with van der Waals surface area (Å²) in [5, 5.41) is 11.6. The lowest BCUT2D eigenvalue weighted by atomic mass is 10.2. The van der Waals surface area contributed by atoms with E-state index in [4.69, 9.17) is 4.52 Å². The van der Waals surface area contributed by atoms with Crippen molar-refractivity contribution in [2.45, 2.75) is 45.2 Å². The molecule has 12 heteroatoms. The molecule has 2 aromatic rings. The van der Waals surface area contributed by atoms with E-state index in [0.29, 0.717) is 48.6 Å². The van der Waals surface area contributed by atoms with Crippen molar-refractivity contribution in [3.05, 3.63) is 27.8 Å². The van der Waals surface area contributed by atoms with Crippen molar-refractivity contribution >= 4 is 41.3 Å². The third-order valence-corrected chi connectivity index (χ3v) is 4.47. The van der Waals surface area contributed by atoms with E-state index in [1.807, 2.05) is 13.8 Å². The first-order valence-electron chi connectivity index (χ1n) is 8.58. The molecule has 0 spiro atoms. The minimum Gasteiger partial charge on any atom is -0.356 e. The Bertz CT molecular complexity index is 747. The monoisotopic (exact) mass is 532 g/mol. The van der Waals surface area contributed by atoms with Gasteiger partial charge in [-0.05, 0) is 6.42 Å². The molecule has 0 atom stereocenters. The second kappa shape index (κ2) is 11.5. The highest BCUT2D eigenvalue weighted by atomic mass is 127. The van der Waals surface area contributed by atoms with Crippen LogP contribution in [0, 0.1) is 0 Å². The Morgan fingerprint density at radius 3 is 2.50 bits per heavy atom. The van der Waals surface area contributed by atoms with Crippen molar-refractivity contribution in [1.29, 1.82) is 0 Å². The molecule has 0 saturated heterocycles. The summed E-state index contributed by atoms with van der Waals surface area (Å²) in [5.41, 5.74) is -0.841. The molecule has 0 aliphatic carbocycles. The summed E-state index contributed by atoms with van der Waals surface area (Å²) in [5.74, 6) is 2.11. The first-order chi connectivity index (χ1) is 12.8. The molecule has 0 aliphatic rings. The van der Waals surface area contributed by atoms with E-state index in [0.717, 1.165) is 23.1 Å². The van der Waals surface area contributed by atoms with Gasteiger partial charge in [-0.2, -0.15) is 18.2 Å². The van der Waals surface area contributed by atoms with Gasteiger partial charge in [0.25, 0.3) is 0 Å². The Balaban J connectivity index is 0.00000392. The van der Waals surface area contributed by atoms with Gasteiger partial charge in [0.1, 0.15) is 0 Å². The van der Waals surface area contributed by atoms with Gasteiger partial charge >= 0.3 is 6.18 Å². The number of guanidine groups is 1. The van der Waals surface area contributed by atoms with E-state index in [1.54, 1.807) is 7.05 Å². The number of hydrogen-bond acceptors (Lipinski definition) is 6. The summed E-state index contributed by atoms with van der Waals surface area (Å²) in [6.45, 7) is 5.09. The van der Waals surface area contributed by atoms with Gasteiger partial charge in [0.15, 0.2) is 17.5 Å². The maximum absolute atomic E-state index is 12.5. The number of rotatable bonds is 8. The standard InChI is InChI=1S/C16H23F3N6OS.HI/c1-10(2)14-24-12(26-25-14)5-4-7-21-15(20-3)22-8-6-13-23-11(9-27-13)16(17,18)19;/h9-10H,4-8H2,1-3H3,(H2,20,21,22);1H. The van der Waals surface area contributed by atoms with Crippen LogP contribution >= 0.6 is 35.3 Å². The molecule has 0 radical (unpaired) electrons. The number of halogens is 4. The number of hydrogen-bond donors (Lipinski definition) is 2. The van der Waals surface area contributed by atoms with Crippen molar-refractivity contribution in [2.75, 3.05) is 20.1 Å². The summed E-state index contributed by atoms with van der Waals surface area (Å²) in [7, 11) is 1.63. The number of aliphatic imine (C=N–C) groups is 1. The van der Waals surface area contributed by atoms with Crippen molar-refractivity contribution in [2.24, 2.45) is 4.99 Å². The first kappa shape index (κ1) is 24.6. The number of aryl methyl sites for hydroxylation is 1. The maximum Gasteiger partial charge on any atom is 0.434 e. The molecule has 0 amide bonds. The van der Waals surface area contributed by atoms with Gasteiger partial charge in [-0.1, -0.05) is 19.0 Å². The SMILES string of the molecule is CN=C(NCCCc1nc(C(C)C)no1)NCCc1nc(C(F)(F)F)cs1.I. The summed E-state index contributed by atoms with van der Waals surface area (Å²) in [6, 6.07) is 0. The van der Waals surface area contributed by atoms with Gasteiger partial charge < -0.3 is 15.2 Å². The topological polar surface area (TPSA) is 88.2 Å². The molecule has 158 valence electrons. The fourth-order valence-electron chi connectivity index (χ4n) is 2.11. The normalized spacial score (nSPS) is 12.2. The summed E-state index contributed by atoms with van der Waals surface area (Å²) < 4.78 is 42.8. The number of nitrogens with zero attached hydrogens (tertiary/aromatic N) is 4. The molecule has 2 aromatic heterocycles. The Morgan fingerprint density at radius 1 is 1.21 bits per heavy atom. The minimum absolute atomic E-state index is 0. The van der Waals surface area contributed by atoms with Gasteiger partial charge in [-0.3, -0.25) is 4.99 Å². The van der Waals surface area contributed by atoms with E-state index >= 15 is 0 Å². The van der Waals surface area contributed by atoms with Gasteiger partial charge in [-0.15, -0.1) is 35.3 Å². The molecule has 2 N–H and O–H groups in total. The van der Waals surface area contributed by atoms with Crippen molar-refractivity contribution in [1.82, 2.24) is 25.8 Å². The summed E-state index contributed by atoms with van der Waals surface area (Å²) >= 11 is 1.00. The predicted molar refractivity (Wildman–Crippen MR) is 112 cm³/mol. The molecule has 0 saturated carbocycles. The van der Waals surface area contributed by atoms with Crippen LogP contribution in [0.4, 0.5) is 13.2 Å². The highest BCUT2D eigenvalue weighted by Gasteiger charge is 2.33. The molecule has 7 nitrogen and oxygen atoms in total. The lowest BCUT2D eigenvalue weighted by Crippen LogP contribution is -2.38. The van der Waals surface area contributed by atoms with Crippen molar-refractivity contribution in [3.8, 4) is 0 Å². The average Bonchev–Trinajstić information content (AvgIpc) is 3.26. The number of aromatic nitrogens is 3. The van der Waals surface area contributed by atoms with Gasteiger partial charge in [0.2, 0.25) is 5.89 Å². The largest absolute Gasteiger partial charge is 0.434 e. The van der Waals surface area contributed by atoms with E-state index in [2.05, 4.69) is 30.8 Å². The van der Waals surface area contributed by atoms with Gasteiger partial charge in [-0.25, -0.2) is 4.98 Å². The molecule has 0 unspecified atom stereocenters. The number of alkyl halides is 3. The molecular formula is C16H24F3IN6OS. The fourth-order valence-corrected chi connectivity index (χ4v) is 2.92. The minimum atomic E-state index is -4.39. The molecule has 2 rings (SSSR count). The van der Waals surface area contributed by atoms with Crippen molar-refractivity contribution < 1.29 is 17.7 Å². The predicted octanol–water partition coefficient (Wildman–Crippen LogP) is 3.63. The van der Waals surface area contributed by atoms with Crippen LogP contribution in [0.2, 0.25) is 0 Å². The Morgan fingerprint density at radius 2 is 1.93 bits per heavy atom. The molecule has 0 fully saturated rings. The molecule has 2 heterocycles. The fraction of sp³-hybridized carbons (Fsp3) is 0.625. The highest BCUT2D eigenvalue weighted by Crippen LogP contribution is 2.29. The van der Waals surface area contributed by atoms with Crippen LogP contribution in [-0.2, 0) is 19.0 Å². The third kappa shape index (κ3) is 7.89. The third-order valence-electron chi connectivity index (χ3n) is 3.56. The zero-order valence-electron chi connectivity index (χ0n) is 15.8. The van der Waals surface area contributed by atoms with Gasteiger partial charge in [0.05, 0.1) is 5.01 Å². The van der Waals surface area contributed by atoms with E-state index in [1.165, 1.54) is 0 Å². The van der Waals surface area contributed by atoms with Crippen LogP contribution in [0.25, 0.3) is 0 Å². The van der Waals surface area contributed by atoms with Crippen LogP contribution in [0.3, 0.4) is 0 Å². The average molecular weight is 532 g/mol. The zero-order chi connectivity index (χ0) is 19.9. The quantitative estimate of drug-likeness (QED) is 0.234. The summed E-state index contributed by atoms with van der Waals surface area (Å²) in [6.07, 6.45) is -2.57. The maximum atomic E-state index is 12.5. The zero-order valence-corrected chi connectivity index (χ0v) is 19.0. The van der Waals surface area contributed by atoms with E-state index in [9.17, 15) is 13.2 Å². The van der Waals surface area contributed by atoms with E-state index in [-0.39, 0.29) is 29.9 Å². The Kier molecular flexibility index (Phi) is 10.1. The summed E-state index contributed by atoms with van der Waals surface area (Å²) in [4.78, 5) is 12.0. The van der Waals surface area contributed by atoms with Gasteiger partial charge in [0, 0.05) is 44.3 Å². The Labute approximate surface area is 182 Å². The molecule has 0 aromatic carbocycles.